The van der Waals surface area contributed by atoms with Gasteiger partial charge in [-0.05, 0) is 25.3 Å². The smallest absolute Gasteiger partial charge is 0.0707 e. The lowest BCUT2D eigenvalue weighted by Crippen LogP contribution is -2.20. The Kier molecular flexibility index (Phi) is 2.89. The van der Waals surface area contributed by atoms with Crippen LogP contribution in [-0.2, 0) is 0 Å². The van der Waals surface area contributed by atoms with Crippen molar-refractivity contribution in [2.75, 3.05) is 20.1 Å². The van der Waals surface area contributed by atoms with Gasteiger partial charge in [0, 0.05) is 13.1 Å². The maximum absolute atomic E-state index is 9.78. The molecule has 2 rings (SSSR count). The van der Waals surface area contributed by atoms with Crippen molar-refractivity contribution in [3.63, 3.8) is 0 Å². The van der Waals surface area contributed by atoms with E-state index >= 15 is 0 Å². The number of hydrogen-bond acceptors (Lipinski definition) is 2. The zero-order valence-corrected chi connectivity index (χ0v) is 8.58. The molecule has 2 atom stereocenters. The maximum Gasteiger partial charge on any atom is 0.0707 e. The average Bonchev–Trinajstić information content (AvgIpc) is 2.63. The molecule has 1 aliphatic heterocycles. The number of likely N-dealkylation sites (tertiary alicyclic amines) is 1. The van der Waals surface area contributed by atoms with E-state index in [9.17, 15) is 5.11 Å². The van der Waals surface area contributed by atoms with Crippen LogP contribution in [0.5, 0.6) is 0 Å². The van der Waals surface area contributed by atoms with Crippen LogP contribution >= 0.6 is 0 Å². The van der Waals surface area contributed by atoms with E-state index in [2.05, 4.69) is 11.9 Å². The van der Waals surface area contributed by atoms with Gasteiger partial charge in [0.1, 0.15) is 0 Å². The van der Waals surface area contributed by atoms with E-state index < -0.39 is 0 Å². The van der Waals surface area contributed by atoms with Crippen molar-refractivity contribution in [1.29, 1.82) is 0 Å². The van der Waals surface area contributed by atoms with Crippen LogP contribution in [-0.4, -0.2) is 36.2 Å². The molecule has 0 bridgehead atoms. The highest BCUT2D eigenvalue weighted by Gasteiger charge is 2.31. The maximum atomic E-state index is 9.78. The van der Waals surface area contributed by atoms with Gasteiger partial charge in [0.15, 0.2) is 0 Å². The zero-order valence-electron chi connectivity index (χ0n) is 8.58. The van der Waals surface area contributed by atoms with Gasteiger partial charge >= 0.3 is 0 Å². The first kappa shape index (κ1) is 9.47. The SMILES string of the molecule is CN1C[C@H](CC2CCCC2)[C@@H](O)C1. The first-order valence-corrected chi connectivity index (χ1v) is 5.62. The summed E-state index contributed by atoms with van der Waals surface area (Å²) in [5, 5.41) is 9.78. The lowest BCUT2D eigenvalue weighted by atomic mass is 9.91. The Labute approximate surface area is 80.9 Å². The van der Waals surface area contributed by atoms with Crippen molar-refractivity contribution in [2.24, 2.45) is 11.8 Å². The van der Waals surface area contributed by atoms with Crippen molar-refractivity contribution in [2.45, 2.75) is 38.2 Å². The standard InChI is InChI=1S/C11H21NO/c1-12-7-10(11(13)8-12)6-9-4-2-3-5-9/h9-11,13H,2-8H2,1H3/t10-,11-/m0/s1. The van der Waals surface area contributed by atoms with Crippen molar-refractivity contribution in [3.8, 4) is 0 Å². The molecule has 2 fully saturated rings. The van der Waals surface area contributed by atoms with Crippen LogP contribution in [0.2, 0.25) is 0 Å². The van der Waals surface area contributed by atoms with E-state index in [0.717, 1.165) is 19.0 Å². The largest absolute Gasteiger partial charge is 0.391 e. The van der Waals surface area contributed by atoms with Gasteiger partial charge in [-0.3, -0.25) is 0 Å². The van der Waals surface area contributed by atoms with Crippen LogP contribution in [0.3, 0.4) is 0 Å². The summed E-state index contributed by atoms with van der Waals surface area (Å²) in [5.74, 6) is 1.49. The third kappa shape index (κ3) is 2.23. The summed E-state index contributed by atoms with van der Waals surface area (Å²) in [6.07, 6.45) is 6.88. The molecule has 0 spiro atoms. The summed E-state index contributed by atoms with van der Waals surface area (Å²) in [7, 11) is 2.11. The van der Waals surface area contributed by atoms with E-state index in [1.54, 1.807) is 0 Å². The first-order valence-electron chi connectivity index (χ1n) is 5.62. The van der Waals surface area contributed by atoms with Crippen molar-refractivity contribution < 1.29 is 5.11 Å². The molecule has 13 heavy (non-hydrogen) atoms. The summed E-state index contributed by atoms with van der Waals surface area (Å²) in [6, 6.07) is 0. The first-order chi connectivity index (χ1) is 6.25. The van der Waals surface area contributed by atoms with Crippen LogP contribution in [0.25, 0.3) is 0 Å². The molecular weight excluding hydrogens is 162 g/mol. The van der Waals surface area contributed by atoms with E-state index in [1.807, 2.05) is 0 Å². The van der Waals surface area contributed by atoms with Crippen LogP contribution in [0, 0.1) is 11.8 Å². The van der Waals surface area contributed by atoms with Gasteiger partial charge in [-0.2, -0.15) is 0 Å². The van der Waals surface area contributed by atoms with Crippen molar-refractivity contribution in [1.82, 2.24) is 4.90 Å². The molecule has 1 N–H and O–H groups in total. The molecule has 2 aliphatic rings. The van der Waals surface area contributed by atoms with Crippen LogP contribution in [0.15, 0.2) is 0 Å². The fourth-order valence-electron chi connectivity index (χ4n) is 2.97. The van der Waals surface area contributed by atoms with Crippen LogP contribution in [0.4, 0.5) is 0 Å². The molecule has 0 amide bonds. The number of likely N-dealkylation sites (N-methyl/N-ethyl adjacent to an activating group) is 1. The zero-order chi connectivity index (χ0) is 9.26. The van der Waals surface area contributed by atoms with Gasteiger partial charge in [-0.1, -0.05) is 25.7 Å². The molecule has 2 nitrogen and oxygen atoms in total. The second-order valence-corrected chi connectivity index (χ2v) is 4.93. The van der Waals surface area contributed by atoms with Crippen LogP contribution < -0.4 is 0 Å². The molecule has 2 heteroatoms. The number of nitrogens with zero attached hydrogens (tertiary/aromatic N) is 1. The third-order valence-electron chi connectivity index (χ3n) is 3.70. The molecule has 0 aromatic carbocycles. The minimum atomic E-state index is -0.0504. The quantitative estimate of drug-likeness (QED) is 0.701. The molecule has 1 heterocycles. The van der Waals surface area contributed by atoms with E-state index in [0.29, 0.717) is 5.92 Å². The molecule has 1 saturated carbocycles. The average molecular weight is 183 g/mol. The Hall–Kier alpha value is -0.0800. The second-order valence-electron chi connectivity index (χ2n) is 4.93. The van der Waals surface area contributed by atoms with Gasteiger partial charge in [0.2, 0.25) is 0 Å². The topological polar surface area (TPSA) is 23.5 Å². The predicted molar refractivity (Wildman–Crippen MR) is 53.6 cm³/mol. The molecule has 0 aromatic heterocycles. The van der Waals surface area contributed by atoms with E-state index in [-0.39, 0.29) is 6.10 Å². The lowest BCUT2D eigenvalue weighted by molar-refractivity contribution is 0.130. The Balaban J connectivity index is 1.80. The van der Waals surface area contributed by atoms with Gasteiger partial charge in [-0.25, -0.2) is 0 Å². The lowest BCUT2D eigenvalue weighted by Gasteiger charge is -2.17. The van der Waals surface area contributed by atoms with E-state index in [4.69, 9.17) is 0 Å². The Morgan fingerprint density at radius 3 is 2.46 bits per heavy atom. The summed E-state index contributed by atoms with van der Waals surface area (Å²) in [5.41, 5.74) is 0. The predicted octanol–water partition coefficient (Wildman–Crippen LogP) is 1.49. The number of rotatable bonds is 2. The van der Waals surface area contributed by atoms with Gasteiger partial charge in [0.05, 0.1) is 6.10 Å². The minimum absolute atomic E-state index is 0.0504. The molecule has 76 valence electrons. The summed E-state index contributed by atoms with van der Waals surface area (Å²) in [6.45, 7) is 2.00. The van der Waals surface area contributed by atoms with Gasteiger partial charge in [-0.15, -0.1) is 0 Å². The number of aliphatic hydroxyl groups is 1. The van der Waals surface area contributed by atoms with Gasteiger partial charge < -0.3 is 10.0 Å². The van der Waals surface area contributed by atoms with Crippen molar-refractivity contribution in [3.05, 3.63) is 0 Å². The summed E-state index contributed by atoms with van der Waals surface area (Å²) < 4.78 is 0. The number of β-amino-alcohol motifs (C(OH)–C–C–N with tert-alkyl or cyclic N) is 1. The second kappa shape index (κ2) is 3.97. The van der Waals surface area contributed by atoms with Crippen molar-refractivity contribution >= 4 is 0 Å². The highest BCUT2D eigenvalue weighted by molar-refractivity contribution is 4.84. The third-order valence-corrected chi connectivity index (χ3v) is 3.70. The normalized spacial score (nSPS) is 37.4. The van der Waals surface area contributed by atoms with Gasteiger partial charge in [0.25, 0.3) is 0 Å². The molecule has 0 radical (unpaired) electrons. The molecule has 0 unspecified atom stereocenters. The minimum Gasteiger partial charge on any atom is -0.391 e. The fourth-order valence-corrected chi connectivity index (χ4v) is 2.97. The molecule has 1 saturated heterocycles. The summed E-state index contributed by atoms with van der Waals surface area (Å²) >= 11 is 0. The summed E-state index contributed by atoms with van der Waals surface area (Å²) in [4.78, 5) is 2.25. The Morgan fingerprint density at radius 2 is 1.92 bits per heavy atom. The van der Waals surface area contributed by atoms with E-state index in [1.165, 1.54) is 32.1 Å². The molecule has 1 aliphatic carbocycles. The fraction of sp³-hybridized carbons (Fsp3) is 1.00. The monoisotopic (exact) mass is 183 g/mol. The Bertz CT molecular complexity index is 165. The molecular formula is C11H21NO. The highest BCUT2D eigenvalue weighted by atomic mass is 16.3. The van der Waals surface area contributed by atoms with Crippen LogP contribution in [0.1, 0.15) is 32.1 Å². The number of aliphatic hydroxyl groups excluding tert-OH is 1. The number of hydrogen-bond donors (Lipinski definition) is 1. The highest BCUT2D eigenvalue weighted by Crippen LogP contribution is 2.33. The molecule has 0 aromatic rings. The Morgan fingerprint density at radius 1 is 1.23 bits per heavy atom.